The Balaban J connectivity index is 1.49. The molecule has 0 spiro atoms. The Morgan fingerprint density at radius 1 is 0.895 bits per heavy atom. The Morgan fingerprint density at radius 3 is 2.21 bits per heavy atom. The predicted octanol–water partition coefficient (Wildman–Crippen LogP) is 5.86. The molecule has 2 N–H and O–H groups in total. The van der Waals surface area contributed by atoms with E-state index < -0.39 is 11.7 Å². The van der Waals surface area contributed by atoms with E-state index in [9.17, 15) is 9.59 Å². The summed E-state index contributed by atoms with van der Waals surface area (Å²) in [7, 11) is 0. The number of furan rings is 1. The van der Waals surface area contributed by atoms with Gasteiger partial charge in [0.05, 0.1) is 35.8 Å². The Morgan fingerprint density at radius 2 is 1.63 bits per heavy atom. The van der Waals surface area contributed by atoms with Crippen molar-refractivity contribution in [3.63, 3.8) is 0 Å². The topological polar surface area (TPSA) is 99.9 Å². The highest BCUT2D eigenvalue weighted by Crippen LogP contribution is 2.30. The number of anilines is 3. The molecule has 3 aromatic rings. The molecule has 202 valence electrons. The second-order valence-corrected chi connectivity index (χ2v) is 11.4. The molecule has 1 aliphatic heterocycles. The molecule has 2 amide bonds. The third kappa shape index (κ3) is 6.92. The summed E-state index contributed by atoms with van der Waals surface area (Å²) in [5.74, 6) is -0.384. The van der Waals surface area contributed by atoms with Crippen LogP contribution >= 0.6 is 0 Å². The lowest BCUT2D eigenvalue weighted by molar-refractivity contribution is 0.0635. The number of carbonyl (C=O) groups is 2. The van der Waals surface area contributed by atoms with Gasteiger partial charge in [-0.1, -0.05) is 6.07 Å². The van der Waals surface area contributed by atoms with Gasteiger partial charge < -0.3 is 19.4 Å². The van der Waals surface area contributed by atoms with Crippen LogP contribution in [0.25, 0.3) is 11.1 Å². The molecule has 0 aliphatic carbocycles. The number of piperazine rings is 1. The maximum atomic E-state index is 13.2. The SMILES string of the molecule is CC(C)(C)OC(=O)Nc1ccc(-c2ccoc2)cc1NC(=O)c1ccc(N2CCN(C(C)(C)C)CC2)cn1. The van der Waals surface area contributed by atoms with Crippen molar-refractivity contribution in [3.8, 4) is 11.1 Å². The molecule has 3 heterocycles. The van der Waals surface area contributed by atoms with Crippen LogP contribution in [-0.2, 0) is 4.74 Å². The fraction of sp³-hybridized carbons (Fsp3) is 0.414. The summed E-state index contributed by atoms with van der Waals surface area (Å²) in [6, 6.07) is 10.8. The van der Waals surface area contributed by atoms with Crippen LogP contribution in [0, 0.1) is 0 Å². The van der Waals surface area contributed by atoms with Gasteiger partial charge in [-0.2, -0.15) is 0 Å². The molecule has 0 saturated carbocycles. The minimum absolute atomic E-state index is 0.151. The molecule has 1 aromatic carbocycles. The number of hydrogen-bond acceptors (Lipinski definition) is 7. The van der Waals surface area contributed by atoms with E-state index in [2.05, 4.69) is 46.2 Å². The van der Waals surface area contributed by atoms with E-state index in [1.807, 2.05) is 18.2 Å². The highest BCUT2D eigenvalue weighted by molar-refractivity contribution is 6.06. The van der Waals surface area contributed by atoms with Crippen LogP contribution in [0.2, 0.25) is 0 Å². The molecule has 1 fully saturated rings. The lowest BCUT2D eigenvalue weighted by Crippen LogP contribution is -2.53. The van der Waals surface area contributed by atoms with E-state index in [4.69, 9.17) is 9.15 Å². The van der Waals surface area contributed by atoms with Gasteiger partial charge in [0, 0.05) is 37.3 Å². The molecule has 9 heteroatoms. The molecular formula is C29H37N5O4. The largest absolute Gasteiger partial charge is 0.472 e. The number of rotatable bonds is 5. The number of pyridine rings is 1. The first-order valence-electron chi connectivity index (χ1n) is 12.8. The van der Waals surface area contributed by atoms with Gasteiger partial charge >= 0.3 is 6.09 Å². The van der Waals surface area contributed by atoms with Crippen molar-refractivity contribution in [3.05, 3.63) is 60.8 Å². The van der Waals surface area contributed by atoms with Crippen molar-refractivity contribution in [2.75, 3.05) is 41.7 Å². The number of ether oxygens (including phenoxy) is 1. The van der Waals surface area contributed by atoms with Crippen molar-refractivity contribution in [2.24, 2.45) is 0 Å². The summed E-state index contributed by atoms with van der Waals surface area (Å²) in [4.78, 5) is 34.8. The standard InChI is InChI=1S/C29H37N5O4/c1-28(2,3)34-14-12-33(13-15-34)22-8-10-24(30-18-22)26(35)31-25-17-20(21-11-16-37-19-21)7-9-23(25)32-27(36)38-29(4,5)6/h7-11,16-19H,12-15H2,1-6H3,(H,31,35)(H,32,36). The number of benzene rings is 1. The van der Waals surface area contributed by atoms with Gasteiger partial charge in [-0.3, -0.25) is 15.0 Å². The number of hydrogen-bond donors (Lipinski definition) is 2. The van der Waals surface area contributed by atoms with Crippen LogP contribution in [0.5, 0.6) is 0 Å². The summed E-state index contributed by atoms with van der Waals surface area (Å²) in [5, 5.41) is 5.63. The Bertz CT molecular complexity index is 1250. The first-order valence-corrected chi connectivity index (χ1v) is 12.8. The van der Waals surface area contributed by atoms with Gasteiger partial charge in [0.1, 0.15) is 11.3 Å². The number of nitrogens with one attached hydrogen (secondary N) is 2. The Labute approximate surface area is 224 Å². The van der Waals surface area contributed by atoms with Crippen LogP contribution in [0.3, 0.4) is 0 Å². The van der Waals surface area contributed by atoms with Gasteiger partial charge in [0.2, 0.25) is 0 Å². The second kappa shape index (κ2) is 10.9. The fourth-order valence-corrected chi connectivity index (χ4v) is 4.31. The van der Waals surface area contributed by atoms with Crippen LogP contribution in [0.1, 0.15) is 52.0 Å². The maximum absolute atomic E-state index is 13.2. The normalized spacial score (nSPS) is 14.7. The fourth-order valence-electron chi connectivity index (χ4n) is 4.31. The number of carbonyl (C=O) groups excluding carboxylic acids is 2. The molecule has 38 heavy (non-hydrogen) atoms. The van der Waals surface area contributed by atoms with Gasteiger partial charge in [-0.05, 0) is 77.4 Å². The van der Waals surface area contributed by atoms with Crippen molar-refractivity contribution in [2.45, 2.75) is 52.7 Å². The zero-order chi connectivity index (χ0) is 27.5. The van der Waals surface area contributed by atoms with Crippen molar-refractivity contribution >= 4 is 29.1 Å². The van der Waals surface area contributed by atoms with Crippen LogP contribution < -0.4 is 15.5 Å². The summed E-state index contributed by atoms with van der Waals surface area (Å²) in [5.41, 5.74) is 3.26. The van der Waals surface area contributed by atoms with Gasteiger partial charge in [-0.15, -0.1) is 0 Å². The van der Waals surface area contributed by atoms with Crippen molar-refractivity contribution < 1.29 is 18.7 Å². The highest BCUT2D eigenvalue weighted by Gasteiger charge is 2.26. The smallest absolute Gasteiger partial charge is 0.412 e. The molecule has 9 nitrogen and oxygen atoms in total. The van der Waals surface area contributed by atoms with Crippen LogP contribution in [-0.4, -0.2) is 59.2 Å². The predicted molar refractivity (Wildman–Crippen MR) is 150 cm³/mol. The molecule has 4 rings (SSSR count). The monoisotopic (exact) mass is 519 g/mol. The van der Waals surface area contributed by atoms with E-state index >= 15 is 0 Å². The van der Waals surface area contributed by atoms with E-state index in [0.717, 1.165) is 43.0 Å². The van der Waals surface area contributed by atoms with Crippen LogP contribution in [0.4, 0.5) is 21.9 Å². The minimum Gasteiger partial charge on any atom is -0.472 e. The molecule has 0 radical (unpaired) electrons. The average molecular weight is 520 g/mol. The molecule has 0 unspecified atom stereocenters. The number of nitrogens with zero attached hydrogens (tertiary/aromatic N) is 3. The molecule has 1 saturated heterocycles. The molecule has 0 bridgehead atoms. The molecule has 2 aromatic heterocycles. The highest BCUT2D eigenvalue weighted by atomic mass is 16.6. The summed E-state index contributed by atoms with van der Waals surface area (Å²) in [6.45, 7) is 15.8. The third-order valence-corrected chi connectivity index (χ3v) is 6.33. The second-order valence-electron chi connectivity index (χ2n) is 11.4. The Hall–Kier alpha value is -3.85. The lowest BCUT2D eigenvalue weighted by atomic mass is 10.0. The van der Waals surface area contributed by atoms with E-state index in [-0.39, 0.29) is 17.1 Å². The van der Waals surface area contributed by atoms with Crippen molar-refractivity contribution in [1.29, 1.82) is 0 Å². The first-order chi connectivity index (χ1) is 17.9. The van der Waals surface area contributed by atoms with E-state index in [0.29, 0.717) is 11.4 Å². The van der Waals surface area contributed by atoms with Crippen molar-refractivity contribution in [1.82, 2.24) is 9.88 Å². The van der Waals surface area contributed by atoms with Gasteiger partial charge in [0.15, 0.2) is 0 Å². The first kappa shape index (κ1) is 27.2. The van der Waals surface area contributed by atoms with E-state index in [1.165, 1.54) is 0 Å². The minimum atomic E-state index is -0.657. The summed E-state index contributed by atoms with van der Waals surface area (Å²) >= 11 is 0. The molecule has 1 aliphatic rings. The summed E-state index contributed by atoms with van der Waals surface area (Å²) < 4.78 is 10.6. The zero-order valence-corrected chi connectivity index (χ0v) is 23.0. The van der Waals surface area contributed by atoms with Gasteiger partial charge in [0.25, 0.3) is 5.91 Å². The van der Waals surface area contributed by atoms with Crippen LogP contribution in [0.15, 0.2) is 59.5 Å². The zero-order valence-electron chi connectivity index (χ0n) is 23.0. The maximum Gasteiger partial charge on any atom is 0.412 e. The molecular weight excluding hydrogens is 482 g/mol. The third-order valence-electron chi connectivity index (χ3n) is 6.33. The summed E-state index contributed by atoms with van der Waals surface area (Å²) in [6.07, 6.45) is 4.32. The Kier molecular flexibility index (Phi) is 7.78. The van der Waals surface area contributed by atoms with Gasteiger partial charge in [-0.25, -0.2) is 9.78 Å². The number of aromatic nitrogens is 1. The number of amides is 2. The quantitative estimate of drug-likeness (QED) is 0.435. The molecule has 0 atom stereocenters. The average Bonchev–Trinajstić information content (AvgIpc) is 3.39. The lowest BCUT2D eigenvalue weighted by Gasteiger charge is -2.42. The van der Waals surface area contributed by atoms with E-state index in [1.54, 1.807) is 57.7 Å².